The van der Waals surface area contributed by atoms with Crippen LogP contribution in [0.2, 0.25) is 0 Å². The number of nitrogens with two attached hydrogens (primary N) is 1. The number of benzene rings is 1. The molecule has 0 spiro atoms. The zero-order chi connectivity index (χ0) is 11.3. The fourth-order valence-corrected chi connectivity index (χ4v) is 1.50. The molecule has 15 heavy (non-hydrogen) atoms. The van der Waals surface area contributed by atoms with Crippen LogP contribution in [0.25, 0.3) is 0 Å². The average Bonchev–Trinajstić information content (AvgIpc) is 2.26. The van der Waals surface area contributed by atoms with Gasteiger partial charge in [0.2, 0.25) is 0 Å². The van der Waals surface area contributed by atoms with Crippen molar-refractivity contribution in [3.63, 3.8) is 0 Å². The molecule has 0 saturated carbocycles. The summed E-state index contributed by atoms with van der Waals surface area (Å²) in [4.78, 5) is 0. The van der Waals surface area contributed by atoms with Crippen molar-refractivity contribution in [2.24, 2.45) is 5.73 Å². The van der Waals surface area contributed by atoms with E-state index in [1.165, 1.54) is 0 Å². The fraction of sp³-hybridized carbons (Fsp3) is 0.538. The molecule has 0 bridgehead atoms. The molecule has 2 heteroatoms. The second-order valence-corrected chi connectivity index (χ2v) is 3.91. The van der Waals surface area contributed by atoms with Crippen LogP contribution in [0.15, 0.2) is 24.3 Å². The Morgan fingerprint density at radius 3 is 2.07 bits per heavy atom. The summed E-state index contributed by atoms with van der Waals surface area (Å²) in [7, 11) is 0. The maximum atomic E-state index is 5.81. The molecule has 1 atom stereocenters. The molecule has 2 N–H and O–H groups in total. The second-order valence-electron chi connectivity index (χ2n) is 3.91. The Morgan fingerprint density at radius 2 is 1.67 bits per heavy atom. The molecule has 0 radical (unpaired) electrons. The van der Waals surface area contributed by atoms with Gasteiger partial charge in [-0.25, -0.2) is 0 Å². The molecule has 0 aromatic heterocycles. The molecule has 1 rings (SSSR count). The van der Waals surface area contributed by atoms with Crippen molar-refractivity contribution in [2.45, 2.75) is 45.8 Å². The van der Waals surface area contributed by atoms with Gasteiger partial charge in [-0.05, 0) is 37.5 Å². The van der Waals surface area contributed by atoms with Crippen LogP contribution in [0.1, 0.15) is 45.2 Å². The molecule has 0 aliphatic rings. The van der Waals surface area contributed by atoms with E-state index in [1.807, 2.05) is 31.2 Å². The first-order valence-corrected chi connectivity index (χ1v) is 5.69. The zero-order valence-corrected chi connectivity index (χ0v) is 9.86. The Hall–Kier alpha value is -1.02. The van der Waals surface area contributed by atoms with E-state index in [0.717, 1.165) is 24.2 Å². The highest BCUT2D eigenvalue weighted by Gasteiger charge is 2.05. The van der Waals surface area contributed by atoms with Crippen LogP contribution < -0.4 is 10.5 Å². The molecule has 0 unspecified atom stereocenters. The van der Waals surface area contributed by atoms with Crippen molar-refractivity contribution >= 4 is 0 Å². The summed E-state index contributed by atoms with van der Waals surface area (Å²) >= 11 is 0. The van der Waals surface area contributed by atoms with Crippen molar-refractivity contribution < 1.29 is 4.74 Å². The third-order valence-corrected chi connectivity index (χ3v) is 2.62. The summed E-state index contributed by atoms with van der Waals surface area (Å²) in [6.07, 6.45) is 2.42. The maximum absolute atomic E-state index is 5.81. The van der Waals surface area contributed by atoms with E-state index in [4.69, 9.17) is 10.5 Å². The highest BCUT2D eigenvalue weighted by molar-refractivity contribution is 5.28. The quantitative estimate of drug-likeness (QED) is 0.804. The van der Waals surface area contributed by atoms with Crippen LogP contribution in [-0.2, 0) is 0 Å². The summed E-state index contributed by atoms with van der Waals surface area (Å²) in [5, 5.41) is 0. The highest BCUT2D eigenvalue weighted by atomic mass is 16.5. The summed E-state index contributed by atoms with van der Waals surface area (Å²) in [5.74, 6) is 0.938. The smallest absolute Gasteiger partial charge is 0.119 e. The van der Waals surface area contributed by atoms with Crippen molar-refractivity contribution in [2.75, 3.05) is 0 Å². The number of hydrogen-bond acceptors (Lipinski definition) is 2. The standard InChI is InChI=1S/C13H21NO/c1-4-12(5-2)15-13-8-6-11(7-9-13)10(3)14/h6-10,12H,4-5,14H2,1-3H3/t10-/m0/s1. The normalized spacial score (nSPS) is 12.9. The first-order chi connectivity index (χ1) is 7.17. The van der Waals surface area contributed by atoms with Gasteiger partial charge in [-0.3, -0.25) is 0 Å². The molecule has 2 nitrogen and oxygen atoms in total. The van der Waals surface area contributed by atoms with Gasteiger partial charge in [-0.1, -0.05) is 26.0 Å². The minimum absolute atomic E-state index is 0.0900. The minimum Gasteiger partial charge on any atom is -0.490 e. The minimum atomic E-state index is 0.0900. The van der Waals surface area contributed by atoms with Crippen LogP contribution in [-0.4, -0.2) is 6.10 Å². The van der Waals surface area contributed by atoms with Crippen LogP contribution in [0.4, 0.5) is 0 Å². The molecular formula is C13H21NO. The molecule has 0 heterocycles. The van der Waals surface area contributed by atoms with Gasteiger partial charge in [-0.15, -0.1) is 0 Å². The van der Waals surface area contributed by atoms with Gasteiger partial charge in [0.15, 0.2) is 0 Å². The molecular weight excluding hydrogens is 186 g/mol. The number of ether oxygens (including phenoxy) is 1. The van der Waals surface area contributed by atoms with Crippen molar-refractivity contribution in [3.05, 3.63) is 29.8 Å². The maximum Gasteiger partial charge on any atom is 0.119 e. The number of hydrogen-bond donors (Lipinski definition) is 1. The topological polar surface area (TPSA) is 35.2 Å². The van der Waals surface area contributed by atoms with Crippen LogP contribution in [0.3, 0.4) is 0 Å². The van der Waals surface area contributed by atoms with Gasteiger partial charge in [0.1, 0.15) is 5.75 Å². The summed E-state index contributed by atoms with van der Waals surface area (Å²) in [6.45, 7) is 6.27. The Bertz CT molecular complexity index is 275. The number of rotatable bonds is 5. The Kier molecular flexibility index (Phi) is 4.63. The second kappa shape index (κ2) is 5.76. The third kappa shape index (κ3) is 3.56. The lowest BCUT2D eigenvalue weighted by Crippen LogP contribution is -2.13. The molecule has 1 aromatic carbocycles. The third-order valence-electron chi connectivity index (χ3n) is 2.62. The van der Waals surface area contributed by atoms with E-state index >= 15 is 0 Å². The fourth-order valence-electron chi connectivity index (χ4n) is 1.50. The SMILES string of the molecule is CCC(CC)Oc1ccc([C@H](C)N)cc1. The van der Waals surface area contributed by atoms with E-state index < -0.39 is 0 Å². The van der Waals surface area contributed by atoms with Gasteiger partial charge in [-0.2, -0.15) is 0 Å². The van der Waals surface area contributed by atoms with Crippen molar-refractivity contribution in [3.8, 4) is 5.75 Å². The van der Waals surface area contributed by atoms with Crippen LogP contribution in [0, 0.1) is 0 Å². The lowest BCUT2D eigenvalue weighted by molar-refractivity contribution is 0.193. The summed E-state index contributed by atoms with van der Waals surface area (Å²) in [6, 6.07) is 8.14. The molecule has 84 valence electrons. The lowest BCUT2D eigenvalue weighted by atomic mass is 10.1. The van der Waals surface area contributed by atoms with E-state index in [1.54, 1.807) is 0 Å². The monoisotopic (exact) mass is 207 g/mol. The molecule has 0 amide bonds. The predicted octanol–water partition coefficient (Wildman–Crippen LogP) is 3.27. The van der Waals surface area contributed by atoms with Crippen LogP contribution >= 0.6 is 0 Å². The van der Waals surface area contributed by atoms with Gasteiger partial charge < -0.3 is 10.5 Å². The van der Waals surface area contributed by atoms with E-state index in [9.17, 15) is 0 Å². The summed E-state index contributed by atoms with van der Waals surface area (Å²) in [5.41, 5.74) is 6.92. The van der Waals surface area contributed by atoms with Crippen molar-refractivity contribution in [1.29, 1.82) is 0 Å². The average molecular weight is 207 g/mol. The van der Waals surface area contributed by atoms with E-state index in [-0.39, 0.29) is 6.04 Å². The van der Waals surface area contributed by atoms with Gasteiger partial charge in [0, 0.05) is 6.04 Å². The summed E-state index contributed by atoms with van der Waals surface area (Å²) < 4.78 is 5.81. The first kappa shape index (κ1) is 12.1. The molecule has 0 fully saturated rings. The molecule has 1 aromatic rings. The predicted molar refractivity (Wildman–Crippen MR) is 64.0 cm³/mol. The lowest BCUT2D eigenvalue weighted by Gasteiger charge is -2.16. The van der Waals surface area contributed by atoms with Gasteiger partial charge >= 0.3 is 0 Å². The molecule has 0 aliphatic carbocycles. The first-order valence-electron chi connectivity index (χ1n) is 5.69. The Morgan fingerprint density at radius 1 is 1.13 bits per heavy atom. The van der Waals surface area contributed by atoms with E-state index in [0.29, 0.717) is 6.10 Å². The largest absolute Gasteiger partial charge is 0.490 e. The Balaban J connectivity index is 2.63. The van der Waals surface area contributed by atoms with Gasteiger partial charge in [0.05, 0.1) is 6.10 Å². The molecule has 0 aliphatic heterocycles. The molecule has 0 saturated heterocycles. The van der Waals surface area contributed by atoms with Crippen molar-refractivity contribution in [1.82, 2.24) is 0 Å². The highest BCUT2D eigenvalue weighted by Crippen LogP contribution is 2.18. The van der Waals surface area contributed by atoms with Crippen LogP contribution in [0.5, 0.6) is 5.75 Å². The van der Waals surface area contributed by atoms with Gasteiger partial charge in [0.25, 0.3) is 0 Å². The van der Waals surface area contributed by atoms with E-state index in [2.05, 4.69) is 13.8 Å². The zero-order valence-electron chi connectivity index (χ0n) is 9.86. The Labute approximate surface area is 92.4 Å².